The van der Waals surface area contributed by atoms with Crippen LogP contribution < -0.4 is 5.32 Å². The molecule has 1 N–H and O–H groups in total. The van der Waals surface area contributed by atoms with Gasteiger partial charge in [0.1, 0.15) is 0 Å². The molecule has 2 aromatic rings. The second kappa shape index (κ2) is 6.09. The minimum atomic E-state index is -0.562. The minimum Gasteiger partial charge on any atom is -0.324 e. The van der Waals surface area contributed by atoms with E-state index in [0.717, 1.165) is 5.56 Å². The number of carbonyl (C=O) groups excluding carboxylic acids is 1. The van der Waals surface area contributed by atoms with Crippen molar-refractivity contribution < 1.29 is 9.18 Å². The van der Waals surface area contributed by atoms with Crippen LogP contribution >= 0.6 is 0 Å². The van der Waals surface area contributed by atoms with Crippen LogP contribution in [0, 0.1) is 5.95 Å². The fourth-order valence-corrected chi connectivity index (χ4v) is 1.94. The monoisotopic (exact) mass is 258 g/mol. The van der Waals surface area contributed by atoms with E-state index in [9.17, 15) is 9.18 Å². The maximum absolute atomic E-state index is 12.7. The molecule has 0 aliphatic heterocycles. The summed E-state index contributed by atoms with van der Waals surface area (Å²) in [5.41, 5.74) is 1.47. The average molecular weight is 258 g/mol. The van der Waals surface area contributed by atoms with Crippen LogP contribution in [-0.4, -0.2) is 10.9 Å². The fourth-order valence-electron chi connectivity index (χ4n) is 1.94. The number of halogens is 1. The maximum Gasteiger partial charge on any atom is 0.231 e. The number of nitrogens with zero attached hydrogens (tertiary/aromatic N) is 1. The Kier molecular flexibility index (Phi) is 4.23. The molecule has 4 heteroatoms. The zero-order valence-corrected chi connectivity index (χ0v) is 10.6. The van der Waals surface area contributed by atoms with E-state index in [0.29, 0.717) is 12.1 Å². The number of amides is 1. The Labute approximate surface area is 111 Å². The molecule has 19 heavy (non-hydrogen) atoms. The zero-order chi connectivity index (χ0) is 13.7. The predicted octanol–water partition coefficient (Wildman–Crippen LogP) is 3.35. The molecule has 0 bridgehead atoms. The molecule has 3 nitrogen and oxygen atoms in total. The number of pyridine rings is 1. The van der Waals surface area contributed by atoms with Crippen molar-refractivity contribution in [1.29, 1.82) is 0 Å². The molecule has 0 fully saturated rings. The van der Waals surface area contributed by atoms with E-state index in [4.69, 9.17) is 0 Å². The number of benzene rings is 1. The van der Waals surface area contributed by atoms with Gasteiger partial charge < -0.3 is 5.32 Å². The number of aromatic nitrogens is 1. The third-order valence-electron chi connectivity index (χ3n) is 2.92. The van der Waals surface area contributed by atoms with Crippen molar-refractivity contribution in [3.8, 4) is 0 Å². The summed E-state index contributed by atoms with van der Waals surface area (Å²) >= 11 is 0. The second-order valence-corrected chi connectivity index (χ2v) is 4.23. The summed E-state index contributed by atoms with van der Waals surface area (Å²) in [6.45, 7) is 1.96. The van der Waals surface area contributed by atoms with Gasteiger partial charge in [-0.25, -0.2) is 4.98 Å². The number of hydrogen-bond acceptors (Lipinski definition) is 2. The molecular weight excluding hydrogens is 243 g/mol. The highest BCUT2D eigenvalue weighted by Gasteiger charge is 2.18. The average Bonchev–Trinajstić information content (AvgIpc) is 2.43. The standard InChI is InChI=1S/C15H15FN2O/c1-2-13(11-6-4-3-5-7-11)15(19)18-12-8-9-14(16)17-10-12/h3-10,13H,2H2,1H3,(H,18,19). The highest BCUT2D eigenvalue weighted by Crippen LogP contribution is 2.21. The molecular formula is C15H15FN2O. The van der Waals surface area contributed by atoms with Gasteiger partial charge in [0.15, 0.2) is 0 Å². The van der Waals surface area contributed by atoms with E-state index in [1.165, 1.54) is 18.3 Å². The number of nitrogens with one attached hydrogen (secondary N) is 1. The molecule has 1 heterocycles. The number of anilines is 1. The van der Waals surface area contributed by atoms with Gasteiger partial charge in [0.25, 0.3) is 0 Å². The van der Waals surface area contributed by atoms with E-state index in [2.05, 4.69) is 10.3 Å². The molecule has 0 aliphatic carbocycles. The molecule has 0 radical (unpaired) electrons. The first kappa shape index (κ1) is 13.2. The van der Waals surface area contributed by atoms with Crippen molar-refractivity contribution in [3.05, 3.63) is 60.2 Å². The van der Waals surface area contributed by atoms with Gasteiger partial charge >= 0.3 is 0 Å². The van der Waals surface area contributed by atoms with Crippen molar-refractivity contribution in [1.82, 2.24) is 4.98 Å². The maximum atomic E-state index is 12.7. The van der Waals surface area contributed by atoms with E-state index < -0.39 is 5.95 Å². The first-order chi connectivity index (χ1) is 9.20. The lowest BCUT2D eigenvalue weighted by Gasteiger charge is -2.15. The SMILES string of the molecule is CCC(C(=O)Nc1ccc(F)nc1)c1ccccc1. The third-order valence-corrected chi connectivity index (χ3v) is 2.92. The zero-order valence-electron chi connectivity index (χ0n) is 10.6. The topological polar surface area (TPSA) is 42.0 Å². The van der Waals surface area contributed by atoms with Gasteiger partial charge in [0, 0.05) is 0 Å². The lowest BCUT2D eigenvalue weighted by molar-refractivity contribution is -0.117. The molecule has 0 spiro atoms. The van der Waals surface area contributed by atoms with E-state index in [1.807, 2.05) is 37.3 Å². The Morgan fingerprint density at radius 1 is 1.26 bits per heavy atom. The van der Waals surface area contributed by atoms with Crippen LogP contribution in [0.5, 0.6) is 0 Å². The Bertz CT molecular complexity index is 540. The first-order valence-electron chi connectivity index (χ1n) is 6.18. The van der Waals surface area contributed by atoms with Gasteiger partial charge in [-0.3, -0.25) is 4.79 Å². The summed E-state index contributed by atoms with van der Waals surface area (Å²) in [5.74, 6) is -0.888. The molecule has 0 saturated heterocycles. The summed E-state index contributed by atoms with van der Waals surface area (Å²) in [4.78, 5) is 15.7. The minimum absolute atomic E-state index is 0.109. The van der Waals surface area contributed by atoms with Crippen molar-refractivity contribution in [2.45, 2.75) is 19.3 Å². The van der Waals surface area contributed by atoms with Crippen molar-refractivity contribution >= 4 is 11.6 Å². The molecule has 1 atom stereocenters. The molecule has 0 aliphatic rings. The first-order valence-corrected chi connectivity index (χ1v) is 6.18. The quantitative estimate of drug-likeness (QED) is 0.854. The number of hydrogen-bond donors (Lipinski definition) is 1. The summed E-state index contributed by atoms with van der Waals surface area (Å²) in [6.07, 6.45) is 2.01. The lowest BCUT2D eigenvalue weighted by atomic mass is 9.95. The molecule has 1 unspecified atom stereocenters. The van der Waals surface area contributed by atoms with Gasteiger partial charge in [-0.05, 0) is 24.1 Å². The largest absolute Gasteiger partial charge is 0.324 e. The lowest BCUT2D eigenvalue weighted by Crippen LogP contribution is -2.20. The van der Waals surface area contributed by atoms with Crippen LogP contribution in [0.25, 0.3) is 0 Å². The van der Waals surface area contributed by atoms with Crippen LogP contribution in [0.4, 0.5) is 10.1 Å². The van der Waals surface area contributed by atoms with Crippen LogP contribution in [0.3, 0.4) is 0 Å². The Balaban J connectivity index is 2.11. The van der Waals surface area contributed by atoms with E-state index >= 15 is 0 Å². The summed E-state index contributed by atoms with van der Waals surface area (Å²) in [6, 6.07) is 12.3. The Hall–Kier alpha value is -2.23. The highest BCUT2D eigenvalue weighted by molar-refractivity contribution is 5.95. The van der Waals surface area contributed by atoms with Crippen LogP contribution in [0.15, 0.2) is 48.7 Å². The number of rotatable bonds is 4. The van der Waals surface area contributed by atoms with Gasteiger partial charge in [-0.2, -0.15) is 4.39 Å². The Morgan fingerprint density at radius 2 is 2.00 bits per heavy atom. The van der Waals surface area contributed by atoms with Crippen LogP contribution in [0.2, 0.25) is 0 Å². The molecule has 1 amide bonds. The van der Waals surface area contributed by atoms with Crippen molar-refractivity contribution in [2.75, 3.05) is 5.32 Å². The molecule has 1 aromatic heterocycles. The van der Waals surface area contributed by atoms with Gasteiger partial charge in [0.2, 0.25) is 11.9 Å². The normalized spacial score (nSPS) is 11.9. The van der Waals surface area contributed by atoms with Crippen LogP contribution in [-0.2, 0) is 4.79 Å². The van der Waals surface area contributed by atoms with Gasteiger partial charge in [-0.1, -0.05) is 37.3 Å². The van der Waals surface area contributed by atoms with Crippen molar-refractivity contribution in [2.24, 2.45) is 0 Å². The summed E-state index contributed by atoms with van der Waals surface area (Å²) in [7, 11) is 0. The summed E-state index contributed by atoms with van der Waals surface area (Å²) in [5, 5.41) is 2.75. The smallest absolute Gasteiger partial charge is 0.231 e. The third kappa shape index (κ3) is 3.37. The Morgan fingerprint density at radius 3 is 2.58 bits per heavy atom. The molecule has 1 aromatic carbocycles. The highest BCUT2D eigenvalue weighted by atomic mass is 19.1. The molecule has 98 valence electrons. The van der Waals surface area contributed by atoms with E-state index in [1.54, 1.807) is 0 Å². The fraction of sp³-hybridized carbons (Fsp3) is 0.200. The number of carbonyl (C=O) groups is 1. The molecule has 2 rings (SSSR count). The predicted molar refractivity (Wildman–Crippen MR) is 72.3 cm³/mol. The van der Waals surface area contributed by atoms with Gasteiger partial charge in [-0.15, -0.1) is 0 Å². The summed E-state index contributed by atoms with van der Waals surface area (Å²) < 4.78 is 12.7. The molecule has 0 saturated carbocycles. The van der Waals surface area contributed by atoms with Crippen molar-refractivity contribution in [3.63, 3.8) is 0 Å². The second-order valence-electron chi connectivity index (χ2n) is 4.23. The van der Waals surface area contributed by atoms with E-state index in [-0.39, 0.29) is 11.8 Å². The van der Waals surface area contributed by atoms with Crippen LogP contribution in [0.1, 0.15) is 24.8 Å². The van der Waals surface area contributed by atoms with Gasteiger partial charge in [0.05, 0.1) is 17.8 Å².